The maximum atomic E-state index is 9.26. The molecule has 6 rings (SSSR count). The smallest absolute Gasteiger partial charge is 0.206 e. The molecule has 1 atom stereocenters. The number of H-pyrrole nitrogens is 1. The summed E-state index contributed by atoms with van der Waals surface area (Å²) < 4.78 is 0. The van der Waals surface area contributed by atoms with E-state index >= 15 is 0 Å². The highest BCUT2D eigenvalue weighted by atomic mass is 35.5. The normalized spacial score (nSPS) is 18.7. The molecule has 1 aliphatic heterocycles. The molecule has 0 bridgehead atoms. The van der Waals surface area contributed by atoms with Gasteiger partial charge in [-0.05, 0) is 54.0 Å². The number of fused-ring (bicyclic) bond motifs is 2. The third kappa shape index (κ3) is 3.76. The van der Waals surface area contributed by atoms with Crippen LogP contribution in [0.1, 0.15) is 35.6 Å². The van der Waals surface area contributed by atoms with Crippen LogP contribution >= 0.6 is 23.4 Å². The first-order chi connectivity index (χ1) is 17.0. The van der Waals surface area contributed by atoms with Crippen molar-refractivity contribution in [1.29, 1.82) is 5.26 Å². The van der Waals surface area contributed by atoms with Crippen LogP contribution in [0, 0.1) is 16.7 Å². The number of nitrogens with two attached hydrogens (primary N) is 2. The fourth-order valence-corrected chi connectivity index (χ4v) is 6.19. The van der Waals surface area contributed by atoms with E-state index < -0.39 is 0 Å². The molecule has 0 amide bonds. The number of anilines is 2. The lowest BCUT2D eigenvalue weighted by molar-refractivity contribution is 0.187. The lowest BCUT2D eigenvalue weighted by atomic mass is 9.73. The number of nitrogen functional groups attached to an aromatic ring is 1. The van der Waals surface area contributed by atoms with Crippen molar-refractivity contribution in [2.24, 2.45) is 11.1 Å². The predicted octanol–water partition coefficient (Wildman–Crippen LogP) is 3.85. The number of nitriles is 1. The molecule has 0 saturated carbocycles. The van der Waals surface area contributed by atoms with E-state index in [0.29, 0.717) is 26.9 Å². The molecule has 0 radical (unpaired) electrons. The van der Waals surface area contributed by atoms with Gasteiger partial charge in [0, 0.05) is 30.2 Å². The van der Waals surface area contributed by atoms with Crippen LogP contribution in [0.25, 0.3) is 11.3 Å². The Bertz CT molecular complexity index is 1490. The molecular weight excluding hydrogens is 482 g/mol. The van der Waals surface area contributed by atoms with Crippen LogP contribution in [0.3, 0.4) is 0 Å². The molecule has 1 fully saturated rings. The first-order valence-electron chi connectivity index (χ1n) is 11.3. The van der Waals surface area contributed by atoms with E-state index in [-0.39, 0.29) is 17.3 Å². The lowest BCUT2D eigenvalue weighted by Crippen LogP contribution is -2.44. The Kier molecular flexibility index (Phi) is 5.29. The van der Waals surface area contributed by atoms with E-state index in [9.17, 15) is 5.26 Å². The van der Waals surface area contributed by atoms with Gasteiger partial charge in [0.25, 0.3) is 0 Å². The Labute approximate surface area is 210 Å². The van der Waals surface area contributed by atoms with E-state index in [1.807, 2.05) is 12.1 Å². The van der Waals surface area contributed by atoms with Crippen molar-refractivity contribution >= 4 is 46.4 Å². The zero-order chi connectivity index (χ0) is 24.2. The van der Waals surface area contributed by atoms with Crippen LogP contribution in [-0.4, -0.2) is 38.0 Å². The number of aromatic amines is 1. The van der Waals surface area contributed by atoms with Gasteiger partial charge in [0.2, 0.25) is 5.95 Å². The fraction of sp³-hybridized carbons (Fsp3) is 0.292. The van der Waals surface area contributed by atoms with Crippen molar-refractivity contribution in [3.8, 4) is 6.07 Å². The lowest BCUT2D eigenvalue weighted by Gasteiger charge is -2.42. The largest absolute Gasteiger partial charge is 0.382 e. The number of nitrogens with zero attached hydrogens (tertiary/aromatic N) is 6. The Morgan fingerprint density at radius 2 is 2.03 bits per heavy atom. The van der Waals surface area contributed by atoms with Gasteiger partial charge in [0.1, 0.15) is 10.8 Å². The summed E-state index contributed by atoms with van der Waals surface area (Å²) in [7, 11) is 0. The van der Waals surface area contributed by atoms with Crippen LogP contribution in [-0.2, 0) is 6.42 Å². The fourth-order valence-electron chi connectivity index (χ4n) is 5.18. The van der Waals surface area contributed by atoms with Crippen molar-refractivity contribution in [2.75, 3.05) is 23.7 Å². The maximum absolute atomic E-state index is 9.26. The highest BCUT2D eigenvalue weighted by Crippen LogP contribution is 2.51. The van der Waals surface area contributed by atoms with Gasteiger partial charge in [0.15, 0.2) is 11.3 Å². The van der Waals surface area contributed by atoms with E-state index in [0.717, 1.165) is 48.8 Å². The molecule has 3 aromatic heterocycles. The maximum Gasteiger partial charge on any atom is 0.206 e. The molecule has 0 unspecified atom stereocenters. The van der Waals surface area contributed by atoms with Gasteiger partial charge in [-0.2, -0.15) is 10.2 Å². The molecule has 2 aliphatic rings. The van der Waals surface area contributed by atoms with Crippen LogP contribution in [0.4, 0.5) is 11.8 Å². The zero-order valence-electron chi connectivity index (χ0n) is 18.7. The molecule has 1 aliphatic carbocycles. The van der Waals surface area contributed by atoms with Crippen molar-refractivity contribution in [1.82, 2.24) is 24.9 Å². The molecule has 9 nitrogen and oxygen atoms in total. The number of piperidine rings is 1. The molecule has 4 heterocycles. The predicted molar refractivity (Wildman–Crippen MR) is 135 cm³/mol. The SMILES string of the molecule is N#Cc1ccc2c(c1)[C@@H](N)C1(CCN(c3nc4nc(Sc5ccnc(N)c5Cl)cnc4[nH]3)CC1)C2. The molecule has 4 aromatic rings. The minimum Gasteiger partial charge on any atom is -0.382 e. The van der Waals surface area contributed by atoms with Gasteiger partial charge in [-0.1, -0.05) is 29.4 Å². The third-order valence-electron chi connectivity index (χ3n) is 7.14. The summed E-state index contributed by atoms with van der Waals surface area (Å²) in [5.74, 6) is 1.05. The Morgan fingerprint density at radius 1 is 1.20 bits per heavy atom. The topological polar surface area (TPSA) is 146 Å². The molecule has 1 aromatic carbocycles. The Balaban J connectivity index is 1.19. The highest BCUT2D eigenvalue weighted by molar-refractivity contribution is 7.99. The number of hydrogen-bond donors (Lipinski definition) is 3. The number of halogens is 1. The van der Waals surface area contributed by atoms with E-state index in [2.05, 4.69) is 37.0 Å². The number of hydrogen-bond acceptors (Lipinski definition) is 9. The number of rotatable bonds is 3. The standard InChI is InChI=1S/C24H22ClN9S/c25-18-16(3-6-29-20(18)28)35-17-12-30-21-22(31-17)33-23(32-21)34-7-4-24(5-8-34)10-14-2-1-13(11-26)9-15(14)19(24)27/h1-3,6,9,12,19H,4-5,7-8,10,27H2,(H2,28,29)(H,30,31,32,33)/t19-/m1/s1. The van der Waals surface area contributed by atoms with Crippen LogP contribution < -0.4 is 16.4 Å². The van der Waals surface area contributed by atoms with Gasteiger partial charge < -0.3 is 21.4 Å². The molecule has 1 spiro atoms. The summed E-state index contributed by atoms with van der Waals surface area (Å²) in [4.78, 5) is 24.2. The first-order valence-corrected chi connectivity index (χ1v) is 12.5. The van der Waals surface area contributed by atoms with Crippen molar-refractivity contribution in [3.05, 3.63) is 58.4 Å². The molecule has 35 heavy (non-hydrogen) atoms. The summed E-state index contributed by atoms with van der Waals surface area (Å²) in [6.07, 6.45) is 6.16. The average molecular weight is 504 g/mol. The number of nitrogens with one attached hydrogen (secondary N) is 1. The quantitative estimate of drug-likeness (QED) is 0.379. The van der Waals surface area contributed by atoms with E-state index in [1.165, 1.54) is 17.3 Å². The number of benzene rings is 1. The molecule has 11 heteroatoms. The zero-order valence-corrected chi connectivity index (χ0v) is 20.3. The second-order valence-corrected chi connectivity index (χ2v) is 10.5. The number of imidazole rings is 1. The summed E-state index contributed by atoms with van der Waals surface area (Å²) >= 11 is 7.64. The third-order valence-corrected chi connectivity index (χ3v) is 8.62. The Hall–Kier alpha value is -3.39. The monoisotopic (exact) mass is 503 g/mol. The summed E-state index contributed by atoms with van der Waals surface area (Å²) in [5, 5.41) is 10.3. The second-order valence-electron chi connectivity index (χ2n) is 9.08. The van der Waals surface area contributed by atoms with Crippen LogP contribution in [0.2, 0.25) is 5.02 Å². The van der Waals surface area contributed by atoms with Crippen LogP contribution in [0.15, 0.2) is 46.6 Å². The molecule has 176 valence electrons. The van der Waals surface area contributed by atoms with Gasteiger partial charge in [-0.15, -0.1) is 0 Å². The minimum atomic E-state index is -0.0550. The molecule has 1 saturated heterocycles. The summed E-state index contributed by atoms with van der Waals surface area (Å²) in [6.45, 7) is 1.67. The second kappa shape index (κ2) is 8.37. The van der Waals surface area contributed by atoms with Gasteiger partial charge in [0.05, 0.1) is 22.9 Å². The summed E-state index contributed by atoms with van der Waals surface area (Å²) in [6, 6.07) is 9.88. The van der Waals surface area contributed by atoms with E-state index in [4.69, 9.17) is 28.1 Å². The van der Waals surface area contributed by atoms with Gasteiger partial charge in [-0.25, -0.2) is 15.0 Å². The number of aromatic nitrogens is 5. The van der Waals surface area contributed by atoms with Crippen LogP contribution in [0.5, 0.6) is 0 Å². The average Bonchev–Trinajstić information content (AvgIpc) is 3.41. The highest BCUT2D eigenvalue weighted by Gasteiger charge is 2.46. The Morgan fingerprint density at radius 3 is 2.83 bits per heavy atom. The van der Waals surface area contributed by atoms with Gasteiger partial charge >= 0.3 is 0 Å². The summed E-state index contributed by atoms with van der Waals surface area (Å²) in [5.41, 5.74) is 16.8. The first kappa shape index (κ1) is 22.1. The van der Waals surface area contributed by atoms with Crippen molar-refractivity contribution in [3.63, 3.8) is 0 Å². The van der Waals surface area contributed by atoms with Crippen molar-refractivity contribution in [2.45, 2.75) is 35.2 Å². The molecule has 5 N–H and O–H groups in total. The molecular formula is C24H22ClN9S. The minimum absolute atomic E-state index is 0.0187. The van der Waals surface area contributed by atoms with Crippen molar-refractivity contribution < 1.29 is 0 Å². The van der Waals surface area contributed by atoms with Gasteiger partial charge in [-0.3, -0.25) is 0 Å². The number of pyridine rings is 1. The van der Waals surface area contributed by atoms with E-state index in [1.54, 1.807) is 18.5 Å².